The van der Waals surface area contributed by atoms with E-state index in [0.717, 1.165) is 19.2 Å². The maximum Gasteiger partial charge on any atom is 0.126 e. The Kier molecular flexibility index (Phi) is 3.85. The Morgan fingerprint density at radius 1 is 1.00 bits per heavy atom. The lowest BCUT2D eigenvalue weighted by atomic mass is 10.1. The van der Waals surface area contributed by atoms with Gasteiger partial charge in [-0.05, 0) is 30.5 Å². The van der Waals surface area contributed by atoms with Crippen molar-refractivity contribution in [1.82, 2.24) is 10.4 Å². The summed E-state index contributed by atoms with van der Waals surface area (Å²) < 4.78 is 25.8. The number of benzene rings is 1. The van der Waals surface area contributed by atoms with Crippen LogP contribution in [0.1, 0.15) is 24.8 Å². The van der Waals surface area contributed by atoms with Crippen molar-refractivity contribution >= 4 is 0 Å². The van der Waals surface area contributed by atoms with Crippen LogP contribution in [0.5, 0.6) is 0 Å². The van der Waals surface area contributed by atoms with Gasteiger partial charge in [0.25, 0.3) is 0 Å². The Balaban J connectivity index is 1.88. The maximum absolute atomic E-state index is 12.9. The molecule has 88 valence electrons. The summed E-state index contributed by atoms with van der Waals surface area (Å²) in [6, 6.07) is 3.62. The van der Waals surface area contributed by atoms with Gasteiger partial charge >= 0.3 is 0 Å². The number of hydrogen-bond acceptors (Lipinski definition) is 2. The lowest BCUT2D eigenvalue weighted by Crippen LogP contribution is -2.41. The van der Waals surface area contributed by atoms with Crippen molar-refractivity contribution in [2.24, 2.45) is 0 Å². The minimum atomic E-state index is -0.518. The van der Waals surface area contributed by atoms with Crippen molar-refractivity contribution < 1.29 is 8.78 Å². The molecule has 0 atom stereocenters. The predicted molar refractivity (Wildman–Crippen MR) is 58.6 cm³/mol. The van der Waals surface area contributed by atoms with Crippen LogP contribution in [0.25, 0.3) is 0 Å². The first-order chi connectivity index (χ1) is 7.74. The van der Waals surface area contributed by atoms with E-state index in [4.69, 9.17) is 0 Å². The van der Waals surface area contributed by atoms with Gasteiger partial charge in [0, 0.05) is 25.7 Å². The van der Waals surface area contributed by atoms with E-state index in [1.807, 2.05) is 0 Å². The average Bonchev–Trinajstić information content (AvgIpc) is 2.27. The highest BCUT2D eigenvalue weighted by atomic mass is 19.1. The molecule has 0 bridgehead atoms. The van der Waals surface area contributed by atoms with Crippen molar-refractivity contribution in [2.45, 2.75) is 25.8 Å². The average molecular weight is 226 g/mol. The van der Waals surface area contributed by atoms with Crippen LogP contribution in [-0.4, -0.2) is 18.1 Å². The van der Waals surface area contributed by atoms with Crippen molar-refractivity contribution in [2.75, 3.05) is 13.1 Å². The fraction of sp³-hybridized carbons (Fsp3) is 0.500. The van der Waals surface area contributed by atoms with E-state index < -0.39 is 11.6 Å². The molecule has 1 aliphatic rings. The Labute approximate surface area is 94.2 Å². The molecule has 1 aromatic rings. The maximum atomic E-state index is 12.9. The van der Waals surface area contributed by atoms with E-state index in [1.165, 1.54) is 31.4 Å². The quantitative estimate of drug-likeness (QED) is 0.851. The molecule has 2 nitrogen and oxygen atoms in total. The van der Waals surface area contributed by atoms with Crippen LogP contribution in [0.15, 0.2) is 18.2 Å². The van der Waals surface area contributed by atoms with E-state index in [0.29, 0.717) is 12.1 Å². The number of hydrogen-bond donors (Lipinski definition) is 1. The first-order valence-corrected chi connectivity index (χ1v) is 5.67. The topological polar surface area (TPSA) is 15.3 Å². The summed E-state index contributed by atoms with van der Waals surface area (Å²) >= 11 is 0. The van der Waals surface area contributed by atoms with Gasteiger partial charge < -0.3 is 0 Å². The molecule has 0 spiro atoms. The molecule has 0 aromatic heterocycles. The van der Waals surface area contributed by atoms with E-state index >= 15 is 0 Å². The van der Waals surface area contributed by atoms with Gasteiger partial charge in [-0.1, -0.05) is 6.42 Å². The largest absolute Gasteiger partial charge is 0.251 e. The fourth-order valence-electron chi connectivity index (χ4n) is 1.97. The van der Waals surface area contributed by atoms with Crippen molar-refractivity contribution in [3.05, 3.63) is 35.4 Å². The van der Waals surface area contributed by atoms with Gasteiger partial charge in [-0.15, -0.1) is 0 Å². The summed E-state index contributed by atoms with van der Waals surface area (Å²) in [5.41, 5.74) is 3.83. The van der Waals surface area contributed by atoms with E-state index in [1.54, 1.807) is 0 Å². The Bertz CT molecular complexity index is 329. The van der Waals surface area contributed by atoms with Crippen LogP contribution >= 0.6 is 0 Å². The molecule has 0 radical (unpaired) electrons. The van der Waals surface area contributed by atoms with Gasteiger partial charge in [-0.25, -0.2) is 13.8 Å². The lowest BCUT2D eigenvalue weighted by Gasteiger charge is -2.27. The monoisotopic (exact) mass is 226 g/mol. The summed E-state index contributed by atoms with van der Waals surface area (Å²) in [5.74, 6) is -1.04. The second-order valence-electron chi connectivity index (χ2n) is 4.16. The van der Waals surface area contributed by atoms with E-state index in [-0.39, 0.29) is 0 Å². The summed E-state index contributed by atoms with van der Waals surface area (Å²) in [5, 5.41) is 2.12. The normalized spacial score (nSPS) is 17.6. The molecule has 0 amide bonds. The highest BCUT2D eigenvalue weighted by Gasteiger charge is 2.09. The van der Waals surface area contributed by atoms with Crippen LogP contribution in [0, 0.1) is 11.6 Å². The van der Waals surface area contributed by atoms with Crippen molar-refractivity contribution in [3.63, 3.8) is 0 Å². The first kappa shape index (κ1) is 11.5. The van der Waals surface area contributed by atoms with Crippen LogP contribution < -0.4 is 5.43 Å². The standard InChI is InChI=1S/C12H16F2N2/c13-11-6-10(7-12(14)8-11)9-15-16-4-2-1-3-5-16/h6-8,15H,1-5,9H2. The lowest BCUT2D eigenvalue weighted by molar-refractivity contribution is 0.151. The molecule has 1 aliphatic heterocycles. The first-order valence-electron chi connectivity index (χ1n) is 5.67. The highest BCUT2D eigenvalue weighted by molar-refractivity contribution is 5.17. The smallest absolute Gasteiger partial charge is 0.126 e. The molecule has 16 heavy (non-hydrogen) atoms. The summed E-state index contributed by atoms with van der Waals surface area (Å²) in [7, 11) is 0. The molecular weight excluding hydrogens is 210 g/mol. The number of nitrogens with zero attached hydrogens (tertiary/aromatic N) is 1. The molecule has 1 aromatic carbocycles. The number of halogens is 2. The van der Waals surface area contributed by atoms with E-state index in [2.05, 4.69) is 10.4 Å². The minimum Gasteiger partial charge on any atom is -0.251 e. The number of hydrazine groups is 1. The number of piperidine rings is 1. The molecule has 2 rings (SSSR count). The zero-order valence-corrected chi connectivity index (χ0v) is 9.18. The van der Waals surface area contributed by atoms with Crippen LogP contribution in [-0.2, 0) is 6.54 Å². The molecule has 1 heterocycles. The fourth-order valence-corrected chi connectivity index (χ4v) is 1.97. The molecule has 0 saturated carbocycles. The highest BCUT2D eigenvalue weighted by Crippen LogP contribution is 2.09. The van der Waals surface area contributed by atoms with Gasteiger partial charge in [0.2, 0.25) is 0 Å². The zero-order chi connectivity index (χ0) is 11.4. The Hall–Kier alpha value is -1.00. The third-order valence-corrected chi connectivity index (χ3v) is 2.79. The second kappa shape index (κ2) is 5.37. The van der Waals surface area contributed by atoms with Crippen LogP contribution in [0.2, 0.25) is 0 Å². The van der Waals surface area contributed by atoms with Crippen LogP contribution in [0.4, 0.5) is 8.78 Å². The molecule has 1 saturated heterocycles. The molecule has 1 N–H and O–H groups in total. The predicted octanol–water partition coefficient (Wildman–Crippen LogP) is 2.46. The molecule has 4 heteroatoms. The van der Waals surface area contributed by atoms with Crippen molar-refractivity contribution in [1.29, 1.82) is 0 Å². The van der Waals surface area contributed by atoms with Gasteiger partial charge in [0.15, 0.2) is 0 Å². The zero-order valence-electron chi connectivity index (χ0n) is 9.18. The van der Waals surface area contributed by atoms with Gasteiger partial charge in [-0.2, -0.15) is 0 Å². The molecule has 0 unspecified atom stereocenters. The number of rotatable bonds is 3. The van der Waals surface area contributed by atoms with Crippen LogP contribution in [0.3, 0.4) is 0 Å². The minimum absolute atomic E-state index is 0.481. The molecule has 0 aliphatic carbocycles. The van der Waals surface area contributed by atoms with Gasteiger partial charge in [0.05, 0.1) is 0 Å². The molecular formula is C12H16F2N2. The third kappa shape index (κ3) is 3.25. The third-order valence-electron chi connectivity index (χ3n) is 2.79. The van der Waals surface area contributed by atoms with Gasteiger partial charge in [-0.3, -0.25) is 5.43 Å². The van der Waals surface area contributed by atoms with Gasteiger partial charge in [0.1, 0.15) is 11.6 Å². The summed E-state index contributed by atoms with van der Waals surface area (Å²) in [6.45, 7) is 2.50. The summed E-state index contributed by atoms with van der Waals surface area (Å²) in [4.78, 5) is 0. The Morgan fingerprint density at radius 2 is 1.62 bits per heavy atom. The van der Waals surface area contributed by atoms with Crippen molar-refractivity contribution in [3.8, 4) is 0 Å². The Morgan fingerprint density at radius 3 is 2.25 bits per heavy atom. The van der Waals surface area contributed by atoms with E-state index in [9.17, 15) is 8.78 Å². The molecule has 1 fully saturated rings. The summed E-state index contributed by atoms with van der Waals surface area (Å²) in [6.07, 6.45) is 3.64. The SMILES string of the molecule is Fc1cc(F)cc(CNN2CCCCC2)c1. The number of nitrogens with one attached hydrogen (secondary N) is 1. The second-order valence-corrected chi connectivity index (χ2v) is 4.16.